The number of hydrogen-bond acceptors (Lipinski definition) is 3. The number of piperidine rings is 1. The first kappa shape index (κ1) is 22.2. The van der Waals surface area contributed by atoms with E-state index in [1.54, 1.807) is 15.6 Å². The van der Waals surface area contributed by atoms with Crippen molar-refractivity contribution in [2.24, 2.45) is 5.73 Å². The van der Waals surface area contributed by atoms with Gasteiger partial charge in [-0.1, -0.05) is 18.2 Å². The fraction of sp³-hybridized carbons (Fsp3) is 0.500. The molecule has 3 amide bonds. The predicted octanol–water partition coefficient (Wildman–Crippen LogP) is 3.38. The molecule has 32 heavy (non-hydrogen) atoms. The van der Waals surface area contributed by atoms with E-state index in [0.29, 0.717) is 63.2 Å². The number of primary amides is 1. The van der Waals surface area contributed by atoms with Crippen molar-refractivity contribution >= 4 is 11.9 Å². The molecular weight excluding hydrogens is 423 g/mol. The maximum Gasteiger partial charge on any atom is 0.416 e. The van der Waals surface area contributed by atoms with E-state index in [1.807, 2.05) is 6.92 Å². The third kappa shape index (κ3) is 4.05. The summed E-state index contributed by atoms with van der Waals surface area (Å²) in [5.41, 5.74) is 7.13. The summed E-state index contributed by atoms with van der Waals surface area (Å²) in [7, 11) is 0. The molecule has 0 saturated carbocycles. The molecule has 0 atom stereocenters. The van der Waals surface area contributed by atoms with Crippen molar-refractivity contribution < 1.29 is 22.8 Å². The lowest BCUT2D eigenvalue weighted by Gasteiger charge is -2.33. The second kappa shape index (κ2) is 8.48. The monoisotopic (exact) mass is 449 g/mol. The Morgan fingerprint density at radius 1 is 1.12 bits per heavy atom. The normalized spacial score (nSPS) is 17.4. The van der Waals surface area contributed by atoms with E-state index in [1.165, 1.54) is 17.0 Å². The first-order valence-corrected chi connectivity index (χ1v) is 10.8. The number of urea groups is 1. The summed E-state index contributed by atoms with van der Waals surface area (Å²) in [6.45, 7) is 3.95. The average Bonchev–Trinajstić information content (AvgIpc) is 3.16. The summed E-state index contributed by atoms with van der Waals surface area (Å²) in [6, 6.07) is 5.17. The molecule has 1 saturated heterocycles. The number of fused-ring (bicyclic) bond motifs is 1. The van der Waals surface area contributed by atoms with Crippen molar-refractivity contribution in [3.05, 3.63) is 52.3 Å². The second-order valence-electron chi connectivity index (χ2n) is 8.25. The Bertz CT molecular complexity index is 1030. The van der Waals surface area contributed by atoms with Crippen LogP contribution in [-0.2, 0) is 25.7 Å². The minimum atomic E-state index is -4.39. The van der Waals surface area contributed by atoms with E-state index in [2.05, 4.69) is 5.10 Å². The van der Waals surface area contributed by atoms with Gasteiger partial charge in [0.15, 0.2) is 5.69 Å². The number of carbonyl (C=O) groups excluding carboxylic acids is 2. The zero-order valence-electron chi connectivity index (χ0n) is 17.9. The molecule has 1 aromatic heterocycles. The van der Waals surface area contributed by atoms with E-state index < -0.39 is 17.8 Å². The number of amides is 3. The lowest BCUT2D eigenvalue weighted by atomic mass is 9.86. The smallest absolute Gasteiger partial charge is 0.351 e. The molecule has 4 rings (SSSR count). The number of carbonyl (C=O) groups is 2. The molecule has 3 heterocycles. The van der Waals surface area contributed by atoms with Gasteiger partial charge in [0, 0.05) is 31.7 Å². The zero-order chi connectivity index (χ0) is 23.0. The Morgan fingerprint density at radius 3 is 2.44 bits per heavy atom. The standard InChI is InChI=1S/C22H26F3N5O2/c1-2-30-18-13-29(21(26)32)12-9-16(18)19(27-30)20(31)28-10-7-14(8-11-28)15-5-3-4-6-17(15)22(23,24)25/h3-6,14H,2,7-13H2,1H3,(H2,26,32). The van der Waals surface area contributed by atoms with Gasteiger partial charge in [-0.05, 0) is 43.7 Å². The molecular formula is C22H26F3N5O2. The third-order valence-corrected chi connectivity index (χ3v) is 6.44. The van der Waals surface area contributed by atoms with Crippen LogP contribution in [-0.4, -0.2) is 51.2 Å². The Morgan fingerprint density at radius 2 is 1.81 bits per heavy atom. The van der Waals surface area contributed by atoms with Crippen molar-refractivity contribution in [2.75, 3.05) is 19.6 Å². The van der Waals surface area contributed by atoms with Gasteiger partial charge in [0.2, 0.25) is 0 Å². The minimum absolute atomic E-state index is 0.205. The van der Waals surface area contributed by atoms with E-state index in [0.717, 1.165) is 17.3 Å². The topological polar surface area (TPSA) is 84.5 Å². The summed E-state index contributed by atoms with van der Waals surface area (Å²) >= 11 is 0. The van der Waals surface area contributed by atoms with Crippen molar-refractivity contribution in [1.82, 2.24) is 19.6 Å². The van der Waals surface area contributed by atoms with Crippen LogP contribution in [0.2, 0.25) is 0 Å². The molecule has 2 aromatic rings. The van der Waals surface area contributed by atoms with Crippen LogP contribution in [0.1, 0.15) is 58.6 Å². The predicted molar refractivity (Wildman–Crippen MR) is 111 cm³/mol. The SMILES string of the molecule is CCn1nc(C(=O)N2CCC(c3ccccc3C(F)(F)F)CC2)c2c1CN(C(N)=O)CC2. The summed E-state index contributed by atoms with van der Waals surface area (Å²) in [5, 5.41) is 4.50. The van der Waals surface area contributed by atoms with Crippen molar-refractivity contribution in [3.63, 3.8) is 0 Å². The maximum atomic E-state index is 13.4. The van der Waals surface area contributed by atoms with Crippen molar-refractivity contribution in [3.8, 4) is 0 Å². The molecule has 1 fully saturated rings. The number of benzene rings is 1. The number of aryl methyl sites for hydroxylation is 1. The number of nitrogens with two attached hydrogens (primary N) is 1. The quantitative estimate of drug-likeness (QED) is 0.780. The molecule has 10 heteroatoms. The van der Waals surface area contributed by atoms with Gasteiger partial charge in [-0.3, -0.25) is 9.48 Å². The van der Waals surface area contributed by atoms with E-state index in [9.17, 15) is 22.8 Å². The molecule has 0 spiro atoms. The Balaban J connectivity index is 1.50. The van der Waals surface area contributed by atoms with Gasteiger partial charge in [-0.2, -0.15) is 18.3 Å². The van der Waals surface area contributed by atoms with Gasteiger partial charge in [0.05, 0.1) is 17.8 Å². The number of alkyl halides is 3. The molecule has 0 radical (unpaired) electrons. The number of aromatic nitrogens is 2. The molecule has 172 valence electrons. The highest BCUT2D eigenvalue weighted by Crippen LogP contribution is 2.39. The largest absolute Gasteiger partial charge is 0.416 e. The van der Waals surface area contributed by atoms with Crippen LogP contribution >= 0.6 is 0 Å². The van der Waals surface area contributed by atoms with Crippen LogP contribution in [0.15, 0.2) is 24.3 Å². The zero-order valence-corrected chi connectivity index (χ0v) is 17.9. The van der Waals surface area contributed by atoms with Gasteiger partial charge in [-0.15, -0.1) is 0 Å². The van der Waals surface area contributed by atoms with Crippen LogP contribution in [0.3, 0.4) is 0 Å². The number of nitrogens with zero attached hydrogens (tertiary/aromatic N) is 4. The van der Waals surface area contributed by atoms with Crippen LogP contribution in [0.4, 0.5) is 18.0 Å². The van der Waals surface area contributed by atoms with E-state index in [4.69, 9.17) is 5.73 Å². The van der Waals surface area contributed by atoms with E-state index >= 15 is 0 Å². The van der Waals surface area contributed by atoms with E-state index in [-0.39, 0.29) is 11.8 Å². The summed E-state index contributed by atoms with van der Waals surface area (Å²) < 4.78 is 41.9. The summed E-state index contributed by atoms with van der Waals surface area (Å²) in [6.07, 6.45) is -2.97. The number of likely N-dealkylation sites (tertiary alicyclic amines) is 1. The highest BCUT2D eigenvalue weighted by molar-refractivity contribution is 5.94. The fourth-order valence-electron chi connectivity index (χ4n) is 4.76. The maximum absolute atomic E-state index is 13.4. The fourth-order valence-corrected chi connectivity index (χ4v) is 4.76. The van der Waals surface area contributed by atoms with Crippen LogP contribution in [0.25, 0.3) is 0 Å². The molecule has 0 unspecified atom stereocenters. The lowest BCUT2D eigenvalue weighted by Crippen LogP contribution is -2.41. The first-order chi connectivity index (χ1) is 15.2. The Hall–Kier alpha value is -3.04. The number of rotatable bonds is 3. The van der Waals surface area contributed by atoms with Gasteiger partial charge < -0.3 is 15.5 Å². The van der Waals surface area contributed by atoms with Crippen LogP contribution in [0, 0.1) is 0 Å². The molecule has 7 nitrogen and oxygen atoms in total. The summed E-state index contributed by atoms with van der Waals surface area (Å²) in [4.78, 5) is 28.0. The lowest BCUT2D eigenvalue weighted by molar-refractivity contribution is -0.138. The number of halogens is 3. The average molecular weight is 449 g/mol. The van der Waals surface area contributed by atoms with Crippen molar-refractivity contribution in [1.29, 1.82) is 0 Å². The molecule has 1 aromatic carbocycles. The Labute approximate surface area is 184 Å². The Kier molecular flexibility index (Phi) is 5.87. The number of hydrogen-bond donors (Lipinski definition) is 1. The third-order valence-electron chi connectivity index (χ3n) is 6.44. The molecule has 2 N–H and O–H groups in total. The summed E-state index contributed by atoms with van der Waals surface area (Å²) in [5.74, 6) is -0.452. The highest BCUT2D eigenvalue weighted by atomic mass is 19.4. The minimum Gasteiger partial charge on any atom is -0.351 e. The van der Waals surface area contributed by atoms with Crippen molar-refractivity contribution in [2.45, 2.75) is 51.4 Å². The van der Waals surface area contributed by atoms with Gasteiger partial charge in [0.25, 0.3) is 5.91 Å². The molecule has 0 aliphatic carbocycles. The van der Waals surface area contributed by atoms with Crippen LogP contribution < -0.4 is 5.73 Å². The molecule has 2 aliphatic rings. The van der Waals surface area contributed by atoms with Gasteiger partial charge in [0.1, 0.15) is 0 Å². The molecule has 2 aliphatic heterocycles. The first-order valence-electron chi connectivity index (χ1n) is 10.8. The highest BCUT2D eigenvalue weighted by Gasteiger charge is 2.37. The van der Waals surface area contributed by atoms with Crippen LogP contribution in [0.5, 0.6) is 0 Å². The van der Waals surface area contributed by atoms with Gasteiger partial charge in [-0.25, -0.2) is 4.79 Å². The molecule has 0 bridgehead atoms. The second-order valence-corrected chi connectivity index (χ2v) is 8.25. The van der Waals surface area contributed by atoms with Gasteiger partial charge >= 0.3 is 12.2 Å².